The normalized spacial score (nSPS) is 19.5. The van der Waals surface area contributed by atoms with Gasteiger partial charge in [-0.1, -0.05) is 78.8 Å². The van der Waals surface area contributed by atoms with Gasteiger partial charge in [0.25, 0.3) is 0 Å². The molecule has 0 amide bonds. The first-order chi connectivity index (χ1) is 14.4. The third kappa shape index (κ3) is 4.35. The lowest BCUT2D eigenvalue weighted by molar-refractivity contribution is 0.0697. The van der Waals surface area contributed by atoms with E-state index >= 15 is 0 Å². The third-order valence-corrected chi connectivity index (χ3v) is 7.75. The lowest BCUT2D eigenvalue weighted by atomic mass is 9.71. The molecule has 1 atom stereocenters. The van der Waals surface area contributed by atoms with Gasteiger partial charge in [0.15, 0.2) is 0 Å². The average molecular weight is 419 g/mol. The van der Waals surface area contributed by atoms with Crippen LogP contribution in [0.2, 0.25) is 0 Å². The van der Waals surface area contributed by atoms with E-state index < -0.39 is 5.97 Å². The lowest BCUT2D eigenvalue weighted by Crippen LogP contribution is -2.30. The van der Waals surface area contributed by atoms with Crippen molar-refractivity contribution < 1.29 is 9.90 Å². The number of carboxylic acids is 1. The summed E-state index contributed by atoms with van der Waals surface area (Å²) in [5.41, 5.74) is 8.63. The van der Waals surface area contributed by atoms with Crippen LogP contribution < -0.4 is 0 Å². The van der Waals surface area contributed by atoms with Crippen LogP contribution in [-0.4, -0.2) is 11.1 Å². The summed E-state index contributed by atoms with van der Waals surface area (Å²) in [5.74, 6) is 0.342. The Morgan fingerprint density at radius 3 is 2.10 bits per heavy atom. The van der Waals surface area contributed by atoms with E-state index in [-0.39, 0.29) is 10.8 Å². The number of fused-ring (bicyclic) bond motifs is 1. The number of aryl methyl sites for hydroxylation is 1. The number of benzene rings is 2. The molecule has 1 unspecified atom stereocenters. The predicted octanol–water partition coefficient (Wildman–Crippen LogP) is 7.74. The van der Waals surface area contributed by atoms with Gasteiger partial charge in [-0.15, -0.1) is 0 Å². The molecule has 1 aliphatic rings. The molecule has 2 nitrogen and oxygen atoms in total. The van der Waals surface area contributed by atoms with Gasteiger partial charge in [-0.05, 0) is 88.0 Å². The first-order valence-corrected chi connectivity index (χ1v) is 11.6. The molecule has 2 aromatic rings. The first-order valence-electron chi connectivity index (χ1n) is 11.6. The van der Waals surface area contributed by atoms with E-state index in [9.17, 15) is 4.79 Å². The summed E-state index contributed by atoms with van der Waals surface area (Å²) < 4.78 is 0. The molecule has 0 aromatic heterocycles. The summed E-state index contributed by atoms with van der Waals surface area (Å²) >= 11 is 0. The van der Waals surface area contributed by atoms with E-state index in [0.717, 1.165) is 12.0 Å². The second kappa shape index (κ2) is 8.30. The smallest absolute Gasteiger partial charge is 0.335 e. The standard InChI is InChI=1S/C29H38O2/c1-18(2)9-12-23-16-25-26(29(7,8)20(4)28(25,5)6)17-24(23)19(3)15-21-10-13-22(14-11-21)27(30)31/h10-11,13-18,20H,9,12H2,1-8H3,(H,30,31). The zero-order valence-electron chi connectivity index (χ0n) is 20.5. The summed E-state index contributed by atoms with van der Waals surface area (Å²) in [4.78, 5) is 11.2. The molecule has 0 radical (unpaired) electrons. The van der Waals surface area contributed by atoms with Gasteiger partial charge in [-0.25, -0.2) is 4.79 Å². The van der Waals surface area contributed by atoms with Crippen molar-refractivity contribution in [3.05, 3.63) is 69.8 Å². The van der Waals surface area contributed by atoms with Gasteiger partial charge in [0.2, 0.25) is 0 Å². The lowest BCUT2D eigenvalue weighted by Gasteiger charge is -2.32. The van der Waals surface area contributed by atoms with Crippen LogP contribution in [0.4, 0.5) is 0 Å². The molecule has 0 saturated carbocycles. The van der Waals surface area contributed by atoms with Crippen LogP contribution >= 0.6 is 0 Å². The van der Waals surface area contributed by atoms with Crippen LogP contribution in [0.1, 0.15) is 100.0 Å². The minimum absolute atomic E-state index is 0.133. The molecule has 1 N–H and O–H groups in total. The highest BCUT2D eigenvalue weighted by Gasteiger charge is 2.48. The second-order valence-electron chi connectivity index (χ2n) is 10.9. The van der Waals surface area contributed by atoms with Crippen LogP contribution in [0.3, 0.4) is 0 Å². The molecule has 3 rings (SSSR count). The number of carbonyl (C=O) groups is 1. The average Bonchev–Trinajstić information content (AvgIpc) is 2.83. The maximum absolute atomic E-state index is 11.2. The van der Waals surface area contributed by atoms with Gasteiger partial charge in [0.1, 0.15) is 0 Å². The van der Waals surface area contributed by atoms with E-state index in [0.29, 0.717) is 17.4 Å². The van der Waals surface area contributed by atoms with Gasteiger partial charge in [-0.3, -0.25) is 0 Å². The van der Waals surface area contributed by atoms with Gasteiger partial charge < -0.3 is 5.11 Å². The van der Waals surface area contributed by atoms with Crippen LogP contribution in [-0.2, 0) is 17.3 Å². The maximum Gasteiger partial charge on any atom is 0.335 e. The highest BCUT2D eigenvalue weighted by molar-refractivity contribution is 5.88. The summed E-state index contributed by atoms with van der Waals surface area (Å²) in [5, 5.41) is 9.16. The van der Waals surface area contributed by atoms with Crippen LogP contribution in [0, 0.1) is 11.8 Å². The van der Waals surface area contributed by atoms with Gasteiger partial charge >= 0.3 is 5.97 Å². The zero-order chi connectivity index (χ0) is 23.1. The Balaban J connectivity index is 2.11. The van der Waals surface area contributed by atoms with Crippen molar-refractivity contribution in [3.63, 3.8) is 0 Å². The predicted molar refractivity (Wildman–Crippen MR) is 132 cm³/mol. The Morgan fingerprint density at radius 2 is 1.58 bits per heavy atom. The van der Waals surface area contributed by atoms with E-state index in [4.69, 9.17) is 5.11 Å². The third-order valence-electron chi connectivity index (χ3n) is 7.75. The molecule has 0 fully saturated rings. The number of hydrogen-bond acceptors (Lipinski definition) is 1. The molecule has 0 aliphatic heterocycles. The van der Waals surface area contributed by atoms with Crippen molar-refractivity contribution in [2.75, 3.05) is 0 Å². The van der Waals surface area contributed by atoms with Crippen molar-refractivity contribution in [2.24, 2.45) is 11.8 Å². The molecular weight excluding hydrogens is 380 g/mol. The van der Waals surface area contributed by atoms with E-state index in [1.165, 1.54) is 34.2 Å². The molecule has 0 saturated heterocycles. The highest BCUT2D eigenvalue weighted by Crippen LogP contribution is 2.54. The summed E-state index contributed by atoms with van der Waals surface area (Å²) in [6, 6.07) is 12.1. The number of hydrogen-bond donors (Lipinski definition) is 1. The fourth-order valence-corrected chi connectivity index (χ4v) is 5.15. The minimum atomic E-state index is -0.888. The molecular formula is C29H38O2. The number of aromatic carboxylic acids is 1. The highest BCUT2D eigenvalue weighted by atomic mass is 16.4. The Kier molecular flexibility index (Phi) is 6.24. The Labute approximate surface area is 188 Å². The van der Waals surface area contributed by atoms with E-state index in [2.05, 4.69) is 73.6 Å². The molecule has 31 heavy (non-hydrogen) atoms. The van der Waals surface area contributed by atoms with Crippen molar-refractivity contribution in [3.8, 4) is 0 Å². The number of allylic oxidation sites excluding steroid dienone is 1. The fraction of sp³-hybridized carbons (Fsp3) is 0.483. The first kappa shape index (κ1) is 23.3. The monoisotopic (exact) mass is 418 g/mol. The van der Waals surface area contributed by atoms with Crippen molar-refractivity contribution in [2.45, 2.75) is 79.1 Å². The molecule has 2 aromatic carbocycles. The molecule has 166 valence electrons. The minimum Gasteiger partial charge on any atom is -0.478 e. The summed E-state index contributed by atoms with van der Waals surface area (Å²) in [7, 11) is 0. The van der Waals surface area contributed by atoms with Crippen molar-refractivity contribution >= 4 is 17.6 Å². The fourth-order valence-electron chi connectivity index (χ4n) is 5.15. The van der Waals surface area contributed by atoms with E-state index in [1.54, 1.807) is 12.1 Å². The largest absolute Gasteiger partial charge is 0.478 e. The van der Waals surface area contributed by atoms with Crippen LogP contribution in [0.25, 0.3) is 11.6 Å². The van der Waals surface area contributed by atoms with Crippen molar-refractivity contribution in [1.82, 2.24) is 0 Å². The second-order valence-corrected chi connectivity index (χ2v) is 10.9. The van der Waals surface area contributed by atoms with Crippen LogP contribution in [0.5, 0.6) is 0 Å². The Hall–Kier alpha value is -2.35. The molecule has 0 heterocycles. The van der Waals surface area contributed by atoms with E-state index in [1.807, 2.05) is 12.1 Å². The molecule has 2 heteroatoms. The number of carboxylic acid groups (broad SMARTS) is 1. The SMILES string of the molecule is CC(=Cc1ccc(C(=O)O)cc1)c1cc2c(cc1CCC(C)C)C(C)(C)C(C)C2(C)C. The zero-order valence-corrected chi connectivity index (χ0v) is 20.5. The maximum atomic E-state index is 11.2. The van der Waals surface area contributed by atoms with Crippen LogP contribution in [0.15, 0.2) is 36.4 Å². The summed E-state index contributed by atoms with van der Waals surface area (Å²) in [6.07, 6.45) is 4.43. The van der Waals surface area contributed by atoms with Gasteiger partial charge in [-0.2, -0.15) is 0 Å². The van der Waals surface area contributed by atoms with Gasteiger partial charge in [0, 0.05) is 0 Å². The molecule has 0 spiro atoms. The Morgan fingerprint density at radius 1 is 1.03 bits per heavy atom. The van der Waals surface area contributed by atoms with Gasteiger partial charge in [0.05, 0.1) is 5.56 Å². The topological polar surface area (TPSA) is 37.3 Å². The molecule has 0 bridgehead atoms. The quantitative estimate of drug-likeness (QED) is 0.487. The summed E-state index contributed by atoms with van der Waals surface area (Å²) in [6.45, 7) is 18.7. The molecule has 1 aliphatic carbocycles. The Bertz CT molecular complexity index is 1000. The van der Waals surface area contributed by atoms with Crippen molar-refractivity contribution in [1.29, 1.82) is 0 Å². The number of rotatable bonds is 6.